The van der Waals surface area contributed by atoms with E-state index in [-0.39, 0.29) is 0 Å². The summed E-state index contributed by atoms with van der Waals surface area (Å²) in [6, 6.07) is 17.6. The van der Waals surface area contributed by atoms with Crippen molar-refractivity contribution >= 4 is 38.7 Å². The predicted molar refractivity (Wildman–Crippen MR) is 118 cm³/mol. The van der Waals surface area contributed by atoms with Gasteiger partial charge in [-0.15, -0.1) is 0 Å². The summed E-state index contributed by atoms with van der Waals surface area (Å²) in [4.78, 5) is 0. The molecule has 2 N–H and O–H groups in total. The van der Waals surface area contributed by atoms with E-state index >= 15 is 0 Å². The number of hydrogen-bond acceptors (Lipinski definition) is 3. The maximum Gasteiger partial charge on any atom is 0.231 e. The van der Waals surface area contributed by atoms with Gasteiger partial charge in [0.25, 0.3) is 0 Å². The lowest BCUT2D eigenvalue weighted by Crippen LogP contribution is -2.33. The molecule has 0 radical (unpaired) electrons. The molecule has 27 heavy (non-hydrogen) atoms. The van der Waals surface area contributed by atoms with Crippen LogP contribution in [0.1, 0.15) is 18.9 Å². The van der Waals surface area contributed by atoms with E-state index in [9.17, 15) is 8.42 Å². The molecule has 0 aliphatic carbocycles. The molecule has 0 spiro atoms. The third-order valence-electron chi connectivity index (χ3n) is 4.46. The highest BCUT2D eigenvalue weighted by Gasteiger charge is 2.12. The van der Waals surface area contributed by atoms with E-state index < -0.39 is 10.0 Å². The van der Waals surface area contributed by atoms with E-state index in [4.69, 9.17) is 12.2 Å². The van der Waals surface area contributed by atoms with Crippen LogP contribution in [0.25, 0.3) is 0 Å². The topological polar surface area (TPSA) is 61.4 Å². The molecule has 0 aliphatic heterocycles. The lowest BCUT2D eigenvalue weighted by atomic mass is 9.97. The van der Waals surface area contributed by atoms with E-state index in [1.54, 1.807) is 18.2 Å². The zero-order valence-electron chi connectivity index (χ0n) is 16.0. The standard InChI is InChI=1S/C20H27N3O2S2/c1-4-16(13-17-9-6-5-7-10-17)15-21-20(26)22-18-11-8-12-19(14-18)23(2)27(3,24)25/h5-12,14,16H,4,13,15H2,1-3H3,(H2,21,22,26). The van der Waals surface area contributed by atoms with Gasteiger partial charge in [-0.1, -0.05) is 49.7 Å². The molecule has 2 rings (SSSR count). The number of thiocarbonyl (C=S) groups is 1. The largest absolute Gasteiger partial charge is 0.362 e. The number of benzene rings is 2. The molecule has 2 aromatic carbocycles. The second kappa shape index (κ2) is 9.71. The molecular formula is C20H27N3O2S2. The van der Waals surface area contributed by atoms with E-state index in [0.717, 1.165) is 25.1 Å². The van der Waals surface area contributed by atoms with E-state index in [0.29, 0.717) is 16.7 Å². The van der Waals surface area contributed by atoms with E-state index in [1.807, 2.05) is 12.1 Å². The first-order valence-corrected chi connectivity index (χ1v) is 11.2. The predicted octanol–water partition coefficient (Wildman–Crippen LogP) is 3.64. The fraction of sp³-hybridized carbons (Fsp3) is 0.350. The molecule has 1 atom stereocenters. The summed E-state index contributed by atoms with van der Waals surface area (Å²) in [5, 5.41) is 6.93. The molecule has 0 fully saturated rings. The number of anilines is 2. The number of rotatable bonds is 8. The van der Waals surface area contributed by atoms with Crippen molar-refractivity contribution in [3.8, 4) is 0 Å². The Labute approximate surface area is 167 Å². The molecule has 1 unspecified atom stereocenters. The van der Waals surface area contributed by atoms with Gasteiger partial charge in [0.1, 0.15) is 0 Å². The molecule has 2 aromatic rings. The van der Waals surface area contributed by atoms with Crippen LogP contribution >= 0.6 is 12.2 Å². The van der Waals surface area contributed by atoms with Gasteiger partial charge in [-0.05, 0) is 48.3 Å². The molecule has 0 heterocycles. The molecule has 7 heteroatoms. The second-order valence-corrected chi connectivity index (χ2v) is 9.00. The summed E-state index contributed by atoms with van der Waals surface area (Å²) in [5.41, 5.74) is 2.65. The van der Waals surface area contributed by atoms with Gasteiger partial charge in [-0.3, -0.25) is 4.31 Å². The first-order valence-electron chi connectivity index (χ1n) is 8.92. The Bertz CT molecular complexity index is 855. The molecule has 5 nitrogen and oxygen atoms in total. The minimum atomic E-state index is -3.30. The van der Waals surface area contributed by atoms with Crippen LogP contribution in [0.15, 0.2) is 54.6 Å². The van der Waals surface area contributed by atoms with Gasteiger partial charge in [-0.2, -0.15) is 0 Å². The van der Waals surface area contributed by atoms with Gasteiger partial charge in [0.2, 0.25) is 10.0 Å². The van der Waals surface area contributed by atoms with Crippen molar-refractivity contribution in [3.05, 3.63) is 60.2 Å². The van der Waals surface area contributed by atoms with Gasteiger partial charge in [0, 0.05) is 19.3 Å². The van der Waals surface area contributed by atoms with Crippen LogP contribution in [0.2, 0.25) is 0 Å². The summed E-state index contributed by atoms with van der Waals surface area (Å²) in [6.45, 7) is 2.95. The minimum Gasteiger partial charge on any atom is -0.362 e. The molecule has 0 aromatic heterocycles. The van der Waals surface area contributed by atoms with Crippen LogP contribution in [0.3, 0.4) is 0 Å². The molecule has 0 bridgehead atoms. The third-order valence-corrected chi connectivity index (χ3v) is 5.91. The fourth-order valence-electron chi connectivity index (χ4n) is 2.69. The highest BCUT2D eigenvalue weighted by molar-refractivity contribution is 7.92. The number of sulfonamides is 1. The lowest BCUT2D eigenvalue weighted by molar-refractivity contribution is 0.498. The average molecular weight is 406 g/mol. The molecule has 0 aliphatic rings. The summed E-state index contributed by atoms with van der Waals surface area (Å²) in [7, 11) is -1.77. The quantitative estimate of drug-likeness (QED) is 0.657. The third kappa shape index (κ3) is 6.84. The smallest absolute Gasteiger partial charge is 0.231 e. The van der Waals surface area contributed by atoms with E-state index in [1.165, 1.54) is 23.2 Å². The maximum absolute atomic E-state index is 11.7. The Kier molecular flexibility index (Phi) is 7.62. The summed E-state index contributed by atoms with van der Waals surface area (Å²) >= 11 is 5.40. The summed E-state index contributed by atoms with van der Waals surface area (Å²) in [6.07, 6.45) is 3.23. The van der Waals surface area contributed by atoms with Crippen molar-refractivity contribution < 1.29 is 8.42 Å². The molecular weight excluding hydrogens is 378 g/mol. The summed E-state index contributed by atoms with van der Waals surface area (Å²) in [5.74, 6) is 0.481. The Morgan fingerprint density at radius 1 is 1.15 bits per heavy atom. The van der Waals surface area contributed by atoms with Crippen LogP contribution in [0.5, 0.6) is 0 Å². The second-order valence-electron chi connectivity index (χ2n) is 6.58. The first kappa shape index (κ1) is 21.2. The highest BCUT2D eigenvalue weighted by atomic mass is 32.2. The SMILES string of the molecule is CCC(CNC(=S)Nc1cccc(N(C)S(C)(=O)=O)c1)Cc1ccccc1. The average Bonchev–Trinajstić information content (AvgIpc) is 2.64. The number of hydrogen-bond donors (Lipinski definition) is 2. The van der Waals surface area contributed by atoms with Crippen LogP contribution < -0.4 is 14.9 Å². The zero-order chi connectivity index (χ0) is 19.9. The zero-order valence-corrected chi connectivity index (χ0v) is 17.6. The number of nitrogens with zero attached hydrogens (tertiary/aromatic N) is 1. The number of nitrogens with one attached hydrogen (secondary N) is 2. The molecule has 0 amide bonds. The van der Waals surface area contributed by atoms with Crippen LogP contribution in [-0.2, 0) is 16.4 Å². The van der Waals surface area contributed by atoms with Crippen LogP contribution in [-0.4, -0.2) is 33.4 Å². The van der Waals surface area contributed by atoms with Crippen molar-refractivity contribution in [3.63, 3.8) is 0 Å². The van der Waals surface area contributed by atoms with Gasteiger partial charge in [-0.25, -0.2) is 8.42 Å². The van der Waals surface area contributed by atoms with Crippen molar-refractivity contribution in [1.82, 2.24) is 5.32 Å². The van der Waals surface area contributed by atoms with E-state index in [2.05, 4.69) is 41.8 Å². The van der Waals surface area contributed by atoms with Gasteiger partial charge >= 0.3 is 0 Å². The molecule has 0 saturated heterocycles. The lowest BCUT2D eigenvalue weighted by Gasteiger charge is -2.19. The molecule has 146 valence electrons. The fourth-order valence-corrected chi connectivity index (χ4v) is 3.39. The van der Waals surface area contributed by atoms with Gasteiger partial charge in [0.05, 0.1) is 11.9 Å². The van der Waals surface area contributed by atoms with Gasteiger partial charge in [0.15, 0.2) is 5.11 Å². The van der Waals surface area contributed by atoms with Crippen LogP contribution in [0, 0.1) is 5.92 Å². The van der Waals surface area contributed by atoms with Crippen molar-refractivity contribution in [2.75, 3.05) is 29.5 Å². The van der Waals surface area contributed by atoms with Crippen molar-refractivity contribution in [1.29, 1.82) is 0 Å². The summed E-state index contributed by atoms with van der Waals surface area (Å²) < 4.78 is 24.6. The highest BCUT2D eigenvalue weighted by Crippen LogP contribution is 2.20. The molecule has 0 saturated carbocycles. The van der Waals surface area contributed by atoms with Crippen molar-refractivity contribution in [2.45, 2.75) is 19.8 Å². The Balaban J connectivity index is 1.91. The van der Waals surface area contributed by atoms with Crippen molar-refractivity contribution in [2.24, 2.45) is 5.92 Å². The maximum atomic E-state index is 11.7. The first-order chi connectivity index (χ1) is 12.8. The normalized spacial score (nSPS) is 12.3. The van der Waals surface area contributed by atoms with Crippen LogP contribution in [0.4, 0.5) is 11.4 Å². The Morgan fingerprint density at radius 3 is 2.48 bits per heavy atom. The minimum absolute atomic E-state index is 0.481. The Morgan fingerprint density at radius 2 is 1.85 bits per heavy atom. The Hall–Kier alpha value is -2.12. The monoisotopic (exact) mass is 405 g/mol. The van der Waals surface area contributed by atoms with Gasteiger partial charge < -0.3 is 10.6 Å².